The summed E-state index contributed by atoms with van der Waals surface area (Å²) in [6, 6.07) is 5.86. The van der Waals surface area contributed by atoms with E-state index in [0.717, 1.165) is 30.8 Å². The molecule has 0 saturated carbocycles. The van der Waals surface area contributed by atoms with E-state index in [9.17, 15) is 4.79 Å². The third-order valence-corrected chi connectivity index (χ3v) is 3.92. The molecule has 0 bridgehead atoms. The maximum absolute atomic E-state index is 12.4. The predicted molar refractivity (Wildman–Crippen MR) is 80.1 cm³/mol. The van der Waals surface area contributed by atoms with E-state index >= 15 is 0 Å². The minimum absolute atomic E-state index is 0.0601. The molecule has 1 aromatic rings. The Labute approximate surface area is 121 Å². The van der Waals surface area contributed by atoms with Gasteiger partial charge in [-0.15, -0.1) is 0 Å². The van der Waals surface area contributed by atoms with Crippen molar-refractivity contribution in [1.29, 1.82) is 0 Å². The van der Waals surface area contributed by atoms with Crippen molar-refractivity contribution >= 4 is 5.91 Å². The van der Waals surface area contributed by atoms with Crippen LogP contribution in [-0.4, -0.2) is 62.1 Å². The number of morpholine rings is 1. The SMILES string of the molecule is Cc1ccc(C(=O)N(C)CC2CN(C)CCO2)cc1C. The Morgan fingerprint density at radius 2 is 2.15 bits per heavy atom. The first-order valence-corrected chi connectivity index (χ1v) is 7.10. The second kappa shape index (κ2) is 6.37. The van der Waals surface area contributed by atoms with Crippen LogP contribution in [0.15, 0.2) is 18.2 Å². The number of hydrogen-bond donors (Lipinski definition) is 0. The van der Waals surface area contributed by atoms with Gasteiger partial charge in [-0.1, -0.05) is 6.07 Å². The molecule has 4 heteroatoms. The van der Waals surface area contributed by atoms with Crippen LogP contribution in [0.5, 0.6) is 0 Å². The first-order valence-electron chi connectivity index (χ1n) is 7.10. The summed E-state index contributed by atoms with van der Waals surface area (Å²) in [5, 5.41) is 0. The lowest BCUT2D eigenvalue weighted by atomic mass is 10.1. The van der Waals surface area contributed by atoms with Crippen molar-refractivity contribution < 1.29 is 9.53 Å². The van der Waals surface area contributed by atoms with E-state index in [2.05, 4.69) is 18.9 Å². The van der Waals surface area contributed by atoms with E-state index in [1.807, 2.05) is 32.2 Å². The molecule has 0 radical (unpaired) electrons. The summed E-state index contributed by atoms with van der Waals surface area (Å²) in [4.78, 5) is 16.4. The van der Waals surface area contributed by atoms with Gasteiger partial charge < -0.3 is 14.5 Å². The number of nitrogens with zero attached hydrogens (tertiary/aromatic N) is 2. The van der Waals surface area contributed by atoms with Gasteiger partial charge in [-0.25, -0.2) is 0 Å². The number of aryl methyl sites for hydroxylation is 2. The van der Waals surface area contributed by atoms with E-state index in [1.165, 1.54) is 5.56 Å². The number of benzene rings is 1. The predicted octanol–water partition coefficient (Wildman–Crippen LogP) is 1.71. The first kappa shape index (κ1) is 15.0. The summed E-state index contributed by atoms with van der Waals surface area (Å²) in [6.45, 7) is 7.31. The van der Waals surface area contributed by atoms with Crippen LogP contribution in [0.3, 0.4) is 0 Å². The quantitative estimate of drug-likeness (QED) is 0.842. The van der Waals surface area contributed by atoms with Crippen molar-refractivity contribution in [3.8, 4) is 0 Å². The summed E-state index contributed by atoms with van der Waals surface area (Å²) in [5.41, 5.74) is 3.11. The van der Waals surface area contributed by atoms with Crippen LogP contribution in [0.4, 0.5) is 0 Å². The van der Waals surface area contributed by atoms with Gasteiger partial charge >= 0.3 is 0 Å². The number of carbonyl (C=O) groups excluding carboxylic acids is 1. The van der Waals surface area contributed by atoms with Crippen LogP contribution in [-0.2, 0) is 4.74 Å². The third kappa shape index (κ3) is 3.58. The van der Waals surface area contributed by atoms with Gasteiger partial charge in [0.25, 0.3) is 5.91 Å². The van der Waals surface area contributed by atoms with Gasteiger partial charge in [-0.05, 0) is 44.2 Å². The smallest absolute Gasteiger partial charge is 0.253 e. The van der Waals surface area contributed by atoms with Gasteiger partial charge in [-0.2, -0.15) is 0 Å². The Bertz CT molecular complexity index is 487. The zero-order valence-electron chi connectivity index (χ0n) is 12.8. The molecule has 4 nitrogen and oxygen atoms in total. The number of amides is 1. The number of ether oxygens (including phenoxy) is 1. The Morgan fingerprint density at radius 3 is 2.80 bits per heavy atom. The van der Waals surface area contributed by atoms with Gasteiger partial charge in [0.05, 0.1) is 12.7 Å². The Kier molecular flexibility index (Phi) is 4.78. The van der Waals surface area contributed by atoms with E-state index in [0.29, 0.717) is 6.54 Å². The monoisotopic (exact) mass is 276 g/mol. The second-order valence-corrected chi connectivity index (χ2v) is 5.74. The molecule has 0 spiro atoms. The van der Waals surface area contributed by atoms with Crippen molar-refractivity contribution in [2.24, 2.45) is 0 Å². The van der Waals surface area contributed by atoms with E-state index in [4.69, 9.17) is 4.74 Å². The average molecular weight is 276 g/mol. The Morgan fingerprint density at radius 1 is 1.40 bits per heavy atom. The minimum atomic E-state index is 0.0601. The van der Waals surface area contributed by atoms with Crippen molar-refractivity contribution in [1.82, 2.24) is 9.80 Å². The summed E-state index contributed by atoms with van der Waals surface area (Å²) in [6.07, 6.45) is 0.106. The number of hydrogen-bond acceptors (Lipinski definition) is 3. The molecule has 0 aliphatic carbocycles. The number of carbonyl (C=O) groups is 1. The molecule has 1 atom stereocenters. The highest BCUT2D eigenvalue weighted by Crippen LogP contribution is 2.13. The van der Waals surface area contributed by atoms with E-state index in [-0.39, 0.29) is 12.0 Å². The van der Waals surface area contributed by atoms with Crippen molar-refractivity contribution in [3.05, 3.63) is 34.9 Å². The van der Waals surface area contributed by atoms with Crippen LogP contribution in [0, 0.1) is 13.8 Å². The van der Waals surface area contributed by atoms with Crippen molar-refractivity contribution in [2.45, 2.75) is 20.0 Å². The molecule has 0 N–H and O–H groups in total. The van der Waals surface area contributed by atoms with Crippen molar-refractivity contribution in [3.63, 3.8) is 0 Å². The highest BCUT2D eigenvalue weighted by Gasteiger charge is 2.22. The summed E-state index contributed by atoms with van der Waals surface area (Å²) < 4.78 is 5.71. The zero-order chi connectivity index (χ0) is 14.7. The molecule has 20 heavy (non-hydrogen) atoms. The van der Waals surface area contributed by atoms with Gasteiger partial charge in [0.2, 0.25) is 0 Å². The zero-order valence-corrected chi connectivity index (χ0v) is 12.8. The minimum Gasteiger partial charge on any atom is -0.374 e. The fraction of sp³-hybridized carbons (Fsp3) is 0.562. The highest BCUT2D eigenvalue weighted by atomic mass is 16.5. The molecule has 1 unspecified atom stereocenters. The maximum atomic E-state index is 12.4. The fourth-order valence-electron chi connectivity index (χ4n) is 2.46. The molecule has 1 fully saturated rings. The molecule has 1 aromatic carbocycles. The standard InChI is InChI=1S/C16H24N2O2/c1-12-5-6-14(9-13(12)2)16(19)18(4)11-15-10-17(3)7-8-20-15/h5-6,9,15H,7-8,10-11H2,1-4H3. The molecular formula is C16H24N2O2. The topological polar surface area (TPSA) is 32.8 Å². The molecule has 1 aliphatic heterocycles. The van der Waals surface area contributed by atoms with Crippen LogP contribution in [0.2, 0.25) is 0 Å². The molecular weight excluding hydrogens is 252 g/mol. The molecule has 1 aliphatic rings. The number of likely N-dealkylation sites (N-methyl/N-ethyl adjacent to an activating group) is 2. The van der Waals surface area contributed by atoms with Gasteiger partial charge in [0, 0.05) is 32.2 Å². The van der Waals surface area contributed by atoms with Crippen LogP contribution in [0.1, 0.15) is 21.5 Å². The molecule has 1 saturated heterocycles. The second-order valence-electron chi connectivity index (χ2n) is 5.74. The lowest BCUT2D eigenvalue weighted by Crippen LogP contribution is -2.46. The molecule has 1 heterocycles. The summed E-state index contributed by atoms with van der Waals surface area (Å²) >= 11 is 0. The van der Waals surface area contributed by atoms with Gasteiger partial charge in [0.1, 0.15) is 0 Å². The van der Waals surface area contributed by atoms with Crippen LogP contribution in [0.25, 0.3) is 0 Å². The Balaban J connectivity index is 1.99. The van der Waals surface area contributed by atoms with E-state index in [1.54, 1.807) is 4.90 Å². The van der Waals surface area contributed by atoms with Gasteiger partial charge in [-0.3, -0.25) is 4.79 Å². The molecule has 110 valence electrons. The fourth-order valence-corrected chi connectivity index (χ4v) is 2.46. The molecule has 0 aromatic heterocycles. The average Bonchev–Trinajstić information content (AvgIpc) is 2.41. The maximum Gasteiger partial charge on any atom is 0.253 e. The summed E-state index contributed by atoms with van der Waals surface area (Å²) in [5.74, 6) is 0.0601. The lowest BCUT2D eigenvalue weighted by Gasteiger charge is -2.32. The van der Waals surface area contributed by atoms with Crippen molar-refractivity contribution in [2.75, 3.05) is 40.3 Å². The highest BCUT2D eigenvalue weighted by molar-refractivity contribution is 5.94. The number of rotatable bonds is 3. The van der Waals surface area contributed by atoms with Gasteiger partial charge in [0.15, 0.2) is 0 Å². The Hall–Kier alpha value is -1.39. The lowest BCUT2D eigenvalue weighted by molar-refractivity contribution is -0.0301. The normalized spacial score (nSPS) is 19.9. The van der Waals surface area contributed by atoms with E-state index < -0.39 is 0 Å². The molecule has 1 amide bonds. The summed E-state index contributed by atoms with van der Waals surface area (Å²) in [7, 11) is 3.93. The van der Waals surface area contributed by atoms with Crippen LogP contribution >= 0.6 is 0 Å². The molecule has 2 rings (SSSR count). The van der Waals surface area contributed by atoms with Crippen LogP contribution < -0.4 is 0 Å². The third-order valence-electron chi connectivity index (χ3n) is 3.92. The first-order chi connectivity index (χ1) is 9.47. The largest absolute Gasteiger partial charge is 0.374 e.